The van der Waals surface area contributed by atoms with Crippen molar-refractivity contribution in [2.45, 2.75) is 26.4 Å². The maximum Gasteiger partial charge on any atom is 0.268 e. The number of carbonyl (C=O) groups is 1. The molecule has 106 valence electrons. The summed E-state index contributed by atoms with van der Waals surface area (Å²) >= 11 is 9.48. The summed E-state index contributed by atoms with van der Waals surface area (Å²) in [7, 11) is 0. The molecule has 0 aliphatic heterocycles. The Morgan fingerprint density at radius 1 is 1.40 bits per heavy atom. The second-order valence-electron chi connectivity index (χ2n) is 4.51. The molecule has 0 saturated carbocycles. The Hall–Kier alpha value is -1.26. The molecule has 0 aliphatic carbocycles. The standard InChI is InChI=1S/C15H16BrClN2O/c1-2-7-19-10-12(16)8-14(19)15(20)18-9-11-5-3-4-6-13(11)17/h3-6,8,10H,2,7,9H2,1H3,(H,18,20). The van der Waals surface area contributed by atoms with E-state index >= 15 is 0 Å². The smallest absolute Gasteiger partial charge is 0.268 e. The summed E-state index contributed by atoms with van der Waals surface area (Å²) in [5.74, 6) is -0.0935. The lowest BCUT2D eigenvalue weighted by molar-refractivity contribution is 0.0941. The summed E-state index contributed by atoms with van der Waals surface area (Å²) in [5.41, 5.74) is 1.57. The van der Waals surface area contributed by atoms with Gasteiger partial charge in [-0.25, -0.2) is 0 Å². The van der Waals surface area contributed by atoms with Crippen molar-refractivity contribution in [2.75, 3.05) is 0 Å². The minimum absolute atomic E-state index is 0.0935. The van der Waals surface area contributed by atoms with Gasteiger partial charge in [0.2, 0.25) is 0 Å². The molecule has 20 heavy (non-hydrogen) atoms. The van der Waals surface area contributed by atoms with Gasteiger partial charge in [-0.1, -0.05) is 36.7 Å². The van der Waals surface area contributed by atoms with Crippen molar-refractivity contribution in [3.05, 3.63) is 57.3 Å². The third-order valence-electron chi connectivity index (χ3n) is 2.96. The number of aryl methyl sites for hydroxylation is 1. The number of rotatable bonds is 5. The number of aromatic nitrogens is 1. The second-order valence-corrected chi connectivity index (χ2v) is 5.83. The van der Waals surface area contributed by atoms with Crippen molar-refractivity contribution < 1.29 is 4.79 Å². The number of nitrogens with one attached hydrogen (secondary N) is 1. The van der Waals surface area contributed by atoms with Gasteiger partial charge in [0.1, 0.15) is 5.69 Å². The van der Waals surface area contributed by atoms with Crippen molar-refractivity contribution in [2.24, 2.45) is 0 Å². The lowest BCUT2D eigenvalue weighted by atomic mass is 10.2. The summed E-state index contributed by atoms with van der Waals surface area (Å²) in [5, 5.41) is 3.57. The van der Waals surface area contributed by atoms with Crippen LogP contribution >= 0.6 is 27.5 Å². The number of amides is 1. The number of halogens is 2. The molecule has 0 spiro atoms. The molecule has 1 amide bonds. The number of nitrogens with zero attached hydrogens (tertiary/aromatic N) is 1. The van der Waals surface area contributed by atoms with Crippen LogP contribution in [0, 0.1) is 0 Å². The van der Waals surface area contributed by atoms with Crippen LogP contribution in [-0.2, 0) is 13.1 Å². The fourth-order valence-corrected chi connectivity index (χ4v) is 2.67. The number of hydrogen-bond acceptors (Lipinski definition) is 1. The molecule has 0 saturated heterocycles. The van der Waals surface area contributed by atoms with E-state index in [0.717, 1.165) is 23.0 Å². The largest absolute Gasteiger partial charge is 0.347 e. The molecule has 5 heteroatoms. The summed E-state index contributed by atoms with van der Waals surface area (Å²) in [4.78, 5) is 12.2. The highest BCUT2D eigenvalue weighted by Gasteiger charge is 2.12. The van der Waals surface area contributed by atoms with Gasteiger partial charge in [0.25, 0.3) is 5.91 Å². The van der Waals surface area contributed by atoms with E-state index in [2.05, 4.69) is 28.2 Å². The van der Waals surface area contributed by atoms with E-state index in [-0.39, 0.29) is 5.91 Å². The van der Waals surface area contributed by atoms with Gasteiger partial charge in [-0.05, 0) is 40.0 Å². The minimum Gasteiger partial charge on any atom is -0.347 e. The van der Waals surface area contributed by atoms with Crippen molar-refractivity contribution in [1.82, 2.24) is 9.88 Å². The lowest BCUT2D eigenvalue weighted by Crippen LogP contribution is -2.25. The highest BCUT2D eigenvalue weighted by molar-refractivity contribution is 9.10. The first-order valence-corrected chi connectivity index (χ1v) is 7.66. The van der Waals surface area contributed by atoms with Gasteiger partial charge >= 0.3 is 0 Å². The molecular weight excluding hydrogens is 340 g/mol. The zero-order chi connectivity index (χ0) is 14.5. The van der Waals surface area contributed by atoms with Gasteiger partial charge in [-0.3, -0.25) is 4.79 Å². The predicted molar refractivity (Wildman–Crippen MR) is 85.0 cm³/mol. The zero-order valence-corrected chi connectivity index (χ0v) is 13.5. The molecule has 0 bridgehead atoms. The van der Waals surface area contributed by atoms with Crippen molar-refractivity contribution in [3.8, 4) is 0 Å². The SMILES string of the molecule is CCCn1cc(Br)cc1C(=O)NCc1ccccc1Cl. The Morgan fingerprint density at radius 2 is 2.15 bits per heavy atom. The number of hydrogen-bond donors (Lipinski definition) is 1. The Balaban J connectivity index is 2.07. The minimum atomic E-state index is -0.0935. The Kier molecular flexibility index (Phi) is 5.26. The maximum absolute atomic E-state index is 12.2. The van der Waals surface area contributed by atoms with Gasteiger partial charge in [0.15, 0.2) is 0 Å². The van der Waals surface area contributed by atoms with E-state index in [4.69, 9.17) is 11.6 Å². The first kappa shape index (κ1) is 15.1. The first-order chi connectivity index (χ1) is 9.61. The molecule has 0 atom stereocenters. The quantitative estimate of drug-likeness (QED) is 0.855. The van der Waals surface area contributed by atoms with Gasteiger partial charge < -0.3 is 9.88 Å². The molecule has 3 nitrogen and oxygen atoms in total. The highest BCUT2D eigenvalue weighted by atomic mass is 79.9. The topological polar surface area (TPSA) is 34.0 Å². The van der Waals surface area contributed by atoms with Crippen LogP contribution in [0.25, 0.3) is 0 Å². The van der Waals surface area contributed by atoms with Crippen LogP contribution in [0.15, 0.2) is 41.0 Å². The molecule has 1 N–H and O–H groups in total. The van der Waals surface area contributed by atoms with Crippen molar-refractivity contribution in [1.29, 1.82) is 0 Å². The normalized spacial score (nSPS) is 10.6. The predicted octanol–water partition coefficient (Wildman–Crippen LogP) is 4.24. The van der Waals surface area contributed by atoms with E-state index in [1.807, 2.05) is 41.1 Å². The van der Waals surface area contributed by atoms with Crippen LogP contribution < -0.4 is 5.32 Å². The average Bonchev–Trinajstić information content (AvgIpc) is 2.79. The molecule has 0 fully saturated rings. The molecular formula is C15H16BrClN2O. The van der Waals surface area contributed by atoms with Gasteiger partial charge in [0.05, 0.1) is 0 Å². The fourth-order valence-electron chi connectivity index (χ4n) is 2.00. The summed E-state index contributed by atoms with van der Waals surface area (Å²) in [6, 6.07) is 9.33. The fraction of sp³-hybridized carbons (Fsp3) is 0.267. The average molecular weight is 356 g/mol. The summed E-state index contributed by atoms with van der Waals surface area (Å²) < 4.78 is 2.86. The van der Waals surface area contributed by atoms with Gasteiger partial charge in [-0.2, -0.15) is 0 Å². The third-order valence-corrected chi connectivity index (χ3v) is 3.76. The summed E-state index contributed by atoms with van der Waals surface area (Å²) in [6.07, 6.45) is 2.90. The van der Waals surface area contributed by atoms with Crippen LogP contribution in [0.3, 0.4) is 0 Å². The van der Waals surface area contributed by atoms with Gasteiger partial charge in [0, 0.05) is 28.8 Å². The summed E-state index contributed by atoms with van der Waals surface area (Å²) in [6.45, 7) is 3.33. The highest BCUT2D eigenvalue weighted by Crippen LogP contribution is 2.17. The van der Waals surface area contributed by atoms with Crippen LogP contribution in [0.4, 0.5) is 0 Å². The first-order valence-electron chi connectivity index (χ1n) is 6.49. The molecule has 2 aromatic rings. The molecule has 0 unspecified atom stereocenters. The monoisotopic (exact) mass is 354 g/mol. The van der Waals surface area contributed by atoms with Crippen molar-refractivity contribution in [3.63, 3.8) is 0 Å². The molecule has 1 aromatic heterocycles. The molecule has 1 aromatic carbocycles. The van der Waals surface area contributed by atoms with E-state index in [1.54, 1.807) is 0 Å². The van der Waals surface area contributed by atoms with Crippen LogP contribution in [0.5, 0.6) is 0 Å². The van der Waals surface area contributed by atoms with Crippen molar-refractivity contribution >= 4 is 33.4 Å². The van der Waals surface area contributed by atoms with Crippen LogP contribution in [0.2, 0.25) is 5.02 Å². The molecule has 2 rings (SSSR count). The van der Waals surface area contributed by atoms with Crippen LogP contribution in [-0.4, -0.2) is 10.5 Å². The van der Waals surface area contributed by atoms with E-state index in [9.17, 15) is 4.79 Å². The molecule has 0 radical (unpaired) electrons. The van der Waals surface area contributed by atoms with E-state index < -0.39 is 0 Å². The second kappa shape index (κ2) is 6.95. The number of benzene rings is 1. The zero-order valence-electron chi connectivity index (χ0n) is 11.2. The Labute approximate surface area is 132 Å². The maximum atomic E-state index is 12.2. The van der Waals surface area contributed by atoms with E-state index in [1.165, 1.54) is 0 Å². The number of carbonyl (C=O) groups excluding carboxylic acids is 1. The van der Waals surface area contributed by atoms with Crippen LogP contribution in [0.1, 0.15) is 29.4 Å². The Bertz CT molecular complexity index is 610. The molecule has 0 aliphatic rings. The van der Waals surface area contributed by atoms with Gasteiger partial charge in [-0.15, -0.1) is 0 Å². The lowest BCUT2D eigenvalue weighted by Gasteiger charge is -2.09. The van der Waals surface area contributed by atoms with E-state index in [0.29, 0.717) is 17.3 Å². The third kappa shape index (κ3) is 3.64. The molecule has 1 heterocycles. The Morgan fingerprint density at radius 3 is 2.85 bits per heavy atom.